The molecule has 22 heavy (non-hydrogen) atoms. The number of rotatable bonds is 8. The van der Waals surface area contributed by atoms with Gasteiger partial charge in [-0.3, -0.25) is 4.79 Å². The van der Waals surface area contributed by atoms with Crippen molar-refractivity contribution in [2.45, 2.75) is 58.8 Å². The average Bonchev–Trinajstić information content (AvgIpc) is 3.24. The van der Waals surface area contributed by atoms with E-state index in [1.807, 2.05) is 0 Å². The molecule has 2 rings (SSSR count). The number of aliphatic carboxylic acids is 1. The monoisotopic (exact) mass is 304 g/mol. The maximum atomic E-state index is 11.0. The summed E-state index contributed by atoms with van der Waals surface area (Å²) in [5.41, 5.74) is 2.55. The molecule has 0 aromatic heterocycles. The lowest BCUT2D eigenvalue weighted by Gasteiger charge is -2.18. The first-order valence-corrected chi connectivity index (χ1v) is 8.43. The van der Waals surface area contributed by atoms with Gasteiger partial charge in [0.05, 0.1) is 12.5 Å². The summed E-state index contributed by atoms with van der Waals surface area (Å²) in [5.74, 6) is 1.41. The van der Waals surface area contributed by atoms with Gasteiger partial charge in [-0.2, -0.15) is 0 Å². The van der Waals surface area contributed by atoms with E-state index in [-0.39, 0.29) is 5.92 Å². The fourth-order valence-corrected chi connectivity index (χ4v) is 3.07. The Morgan fingerprint density at radius 3 is 2.64 bits per heavy atom. The Morgan fingerprint density at radius 1 is 1.36 bits per heavy atom. The van der Waals surface area contributed by atoms with Crippen LogP contribution in [0.5, 0.6) is 5.75 Å². The number of benzene rings is 1. The van der Waals surface area contributed by atoms with Crippen LogP contribution < -0.4 is 4.74 Å². The van der Waals surface area contributed by atoms with Gasteiger partial charge in [0.1, 0.15) is 5.75 Å². The van der Waals surface area contributed by atoms with Crippen LogP contribution in [0.4, 0.5) is 0 Å². The second-order valence-corrected chi connectivity index (χ2v) is 6.88. The summed E-state index contributed by atoms with van der Waals surface area (Å²) in [4.78, 5) is 11.0. The van der Waals surface area contributed by atoms with Crippen molar-refractivity contribution in [1.29, 1.82) is 0 Å². The average molecular weight is 304 g/mol. The molecule has 0 saturated heterocycles. The quantitative estimate of drug-likeness (QED) is 0.749. The van der Waals surface area contributed by atoms with Crippen LogP contribution >= 0.6 is 0 Å². The van der Waals surface area contributed by atoms with Gasteiger partial charge >= 0.3 is 5.97 Å². The maximum Gasteiger partial charge on any atom is 0.306 e. The van der Waals surface area contributed by atoms with Crippen molar-refractivity contribution in [2.24, 2.45) is 11.8 Å². The molecule has 1 N–H and O–H groups in total. The molecule has 3 atom stereocenters. The van der Waals surface area contributed by atoms with Crippen molar-refractivity contribution >= 4 is 5.97 Å². The van der Waals surface area contributed by atoms with Gasteiger partial charge in [0.2, 0.25) is 0 Å². The lowest BCUT2D eigenvalue weighted by Crippen LogP contribution is -2.04. The van der Waals surface area contributed by atoms with Crippen molar-refractivity contribution < 1.29 is 14.6 Å². The fourth-order valence-electron chi connectivity index (χ4n) is 3.07. The molecule has 0 bridgehead atoms. The van der Waals surface area contributed by atoms with Gasteiger partial charge in [-0.1, -0.05) is 39.8 Å². The highest BCUT2D eigenvalue weighted by Gasteiger charge is 2.43. The Labute approximate surface area is 133 Å². The Kier molecular flexibility index (Phi) is 5.49. The molecule has 0 amide bonds. The van der Waals surface area contributed by atoms with E-state index < -0.39 is 5.97 Å². The standard InChI is InChI=1S/C19H28O3/c1-5-8-22-18-7-6-14(10-16(18)12(2)3)13(4)9-15-11-17(15)19(20)21/h6-7,10,12-13,15,17H,5,8-9,11H2,1-4H3,(H,20,21). The Hall–Kier alpha value is -1.51. The van der Waals surface area contributed by atoms with Crippen LogP contribution in [0.2, 0.25) is 0 Å². The van der Waals surface area contributed by atoms with Crippen LogP contribution in [0.15, 0.2) is 18.2 Å². The first-order chi connectivity index (χ1) is 10.4. The van der Waals surface area contributed by atoms with Crippen LogP contribution in [0, 0.1) is 11.8 Å². The Balaban J connectivity index is 2.07. The van der Waals surface area contributed by atoms with Gasteiger partial charge in [0, 0.05) is 0 Å². The minimum absolute atomic E-state index is 0.112. The van der Waals surface area contributed by atoms with Crippen molar-refractivity contribution in [3.8, 4) is 5.75 Å². The Bertz CT molecular complexity index is 521. The third kappa shape index (κ3) is 4.02. The molecular formula is C19H28O3. The van der Waals surface area contributed by atoms with E-state index in [9.17, 15) is 4.79 Å². The van der Waals surface area contributed by atoms with E-state index in [4.69, 9.17) is 9.84 Å². The van der Waals surface area contributed by atoms with Gasteiger partial charge in [0.25, 0.3) is 0 Å². The number of carbonyl (C=O) groups is 1. The lowest BCUT2D eigenvalue weighted by molar-refractivity contribution is -0.138. The smallest absolute Gasteiger partial charge is 0.306 e. The van der Waals surface area contributed by atoms with Crippen LogP contribution in [0.25, 0.3) is 0 Å². The van der Waals surface area contributed by atoms with E-state index in [1.54, 1.807) is 0 Å². The molecular weight excluding hydrogens is 276 g/mol. The lowest BCUT2D eigenvalue weighted by atomic mass is 9.90. The number of hydrogen-bond acceptors (Lipinski definition) is 2. The molecule has 3 heteroatoms. The number of hydrogen-bond donors (Lipinski definition) is 1. The molecule has 0 aliphatic heterocycles. The first-order valence-electron chi connectivity index (χ1n) is 8.43. The summed E-state index contributed by atoms with van der Waals surface area (Å²) in [7, 11) is 0. The molecule has 0 spiro atoms. The van der Waals surface area contributed by atoms with Gasteiger partial charge in [-0.05, 0) is 54.2 Å². The van der Waals surface area contributed by atoms with Gasteiger partial charge in [-0.15, -0.1) is 0 Å². The second-order valence-electron chi connectivity index (χ2n) is 6.88. The van der Waals surface area contributed by atoms with Crippen molar-refractivity contribution in [1.82, 2.24) is 0 Å². The molecule has 1 aliphatic carbocycles. The molecule has 0 radical (unpaired) electrons. The van der Waals surface area contributed by atoms with Crippen LogP contribution in [0.1, 0.15) is 69.9 Å². The predicted molar refractivity (Wildman–Crippen MR) is 88.6 cm³/mol. The topological polar surface area (TPSA) is 46.5 Å². The fraction of sp³-hybridized carbons (Fsp3) is 0.632. The first kappa shape index (κ1) is 16.9. The zero-order valence-corrected chi connectivity index (χ0v) is 14.1. The largest absolute Gasteiger partial charge is 0.493 e. The molecule has 1 aliphatic rings. The summed E-state index contributed by atoms with van der Waals surface area (Å²) in [6, 6.07) is 6.47. The highest BCUT2D eigenvalue weighted by molar-refractivity contribution is 5.73. The third-order valence-corrected chi connectivity index (χ3v) is 4.58. The van der Waals surface area contributed by atoms with Gasteiger partial charge < -0.3 is 9.84 Å². The highest BCUT2D eigenvalue weighted by Crippen LogP contribution is 2.45. The van der Waals surface area contributed by atoms with E-state index >= 15 is 0 Å². The van der Waals surface area contributed by atoms with E-state index in [0.29, 0.717) is 17.8 Å². The molecule has 1 fully saturated rings. The van der Waals surface area contributed by atoms with Crippen LogP contribution in [-0.2, 0) is 4.79 Å². The predicted octanol–water partition coefficient (Wildman–Crippen LogP) is 4.81. The van der Waals surface area contributed by atoms with Crippen LogP contribution in [0.3, 0.4) is 0 Å². The molecule has 0 heterocycles. The van der Waals surface area contributed by atoms with Crippen molar-refractivity contribution in [3.63, 3.8) is 0 Å². The SMILES string of the molecule is CCCOc1ccc(C(C)CC2CC2C(=O)O)cc1C(C)C. The van der Waals surface area contributed by atoms with Crippen molar-refractivity contribution in [3.05, 3.63) is 29.3 Å². The van der Waals surface area contributed by atoms with Crippen molar-refractivity contribution in [2.75, 3.05) is 6.61 Å². The summed E-state index contributed by atoms with van der Waals surface area (Å²) < 4.78 is 5.85. The number of ether oxygens (including phenoxy) is 1. The number of carboxylic acid groups (broad SMARTS) is 1. The van der Waals surface area contributed by atoms with Gasteiger partial charge in [0.15, 0.2) is 0 Å². The molecule has 1 saturated carbocycles. The van der Waals surface area contributed by atoms with E-state index in [2.05, 4.69) is 45.9 Å². The normalized spacial score (nSPS) is 21.7. The maximum absolute atomic E-state index is 11.0. The van der Waals surface area contributed by atoms with Crippen LogP contribution in [-0.4, -0.2) is 17.7 Å². The molecule has 122 valence electrons. The van der Waals surface area contributed by atoms with E-state index in [0.717, 1.165) is 31.6 Å². The van der Waals surface area contributed by atoms with Gasteiger partial charge in [-0.25, -0.2) is 0 Å². The minimum Gasteiger partial charge on any atom is -0.493 e. The number of carboxylic acids is 1. The zero-order chi connectivity index (χ0) is 16.3. The molecule has 3 unspecified atom stereocenters. The van der Waals surface area contributed by atoms with E-state index in [1.165, 1.54) is 11.1 Å². The summed E-state index contributed by atoms with van der Waals surface area (Å²) in [6.45, 7) is 9.42. The zero-order valence-electron chi connectivity index (χ0n) is 14.1. The molecule has 1 aromatic rings. The minimum atomic E-state index is -0.636. The third-order valence-electron chi connectivity index (χ3n) is 4.58. The molecule has 3 nitrogen and oxygen atoms in total. The molecule has 1 aromatic carbocycles. The highest BCUT2D eigenvalue weighted by atomic mass is 16.5. The Morgan fingerprint density at radius 2 is 2.09 bits per heavy atom. The summed E-state index contributed by atoms with van der Waals surface area (Å²) in [6.07, 6.45) is 2.81. The second kappa shape index (κ2) is 7.17. The summed E-state index contributed by atoms with van der Waals surface area (Å²) in [5, 5.41) is 9.03. The summed E-state index contributed by atoms with van der Waals surface area (Å²) >= 11 is 0.